The van der Waals surface area contributed by atoms with Crippen molar-refractivity contribution in [2.24, 2.45) is 0 Å². The summed E-state index contributed by atoms with van der Waals surface area (Å²) < 4.78 is 2.04. The van der Waals surface area contributed by atoms with Crippen LogP contribution in [0.25, 0.3) is 0 Å². The highest BCUT2D eigenvalue weighted by Gasteiger charge is 2.42. The number of hydrogen-bond donors (Lipinski definition) is 1. The van der Waals surface area contributed by atoms with Gasteiger partial charge < -0.3 is 5.32 Å². The molecule has 2 amide bonds. The molecule has 146 valence electrons. The molecule has 28 heavy (non-hydrogen) atoms. The Bertz CT molecular complexity index is 895. The summed E-state index contributed by atoms with van der Waals surface area (Å²) in [6.45, 7) is 0.641. The lowest BCUT2D eigenvalue weighted by Gasteiger charge is -2.32. The summed E-state index contributed by atoms with van der Waals surface area (Å²) in [5, 5.41) is 13.3. The first kappa shape index (κ1) is 18.7. The molecule has 0 fully saturated rings. The number of carbonyl (C=O) groups is 2. The Balaban J connectivity index is 1.29. The number of nitrogens with one attached hydrogen (secondary N) is 1. The van der Waals surface area contributed by atoms with E-state index in [0.29, 0.717) is 31.8 Å². The van der Waals surface area contributed by atoms with Crippen LogP contribution in [0.1, 0.15) is 30.3 Å². The van der Waals surface area contributed by atoms with Crippen LogP contribution in [0.4, 0.5) is 5.95 Å². The van der Waals surface area contributed by atoms with Crippen LogP contribution in [-0.2, 0) is 22.4 Å². The molecule has 0 bridgehead atoms. The SMILES string of the molecule is CN1C(=O)C2SC=CC2n2c(CCCC(=O)NCCc3ccccc3)nnc21. The summed E-state index contributed by atoms with van der Waals surface area (Å²) in [4.78, 5) is 26.1. The van der Waals surface area contributed by atoms with Gasteiger partial charge in [-0.25, -0.2) is 0 Å². The van der Waals surface area contributed by atoms with Crippen LogP contribution >= 0.6 is 11.8 Å². The van der Waals surface area contributed by atoms with Gasteiger partial charge in [-0.2, -0.15) is 0 Å². The summed E-state index contributed by atoms with van der Waals surface area (Å²) in [7, 11) is 1.74. The highest BCUT2D eigenvalue weighted by atomic mass is 32.2. The minimum Gasteiger partial charge on any atom is -0.356 e. The average Bonchev–Trinajstić information content (AvgIpc) is 3.34. The number of carbonyl (C=O) groups excluding carboxylic acids is 2. The van der Waals surface area contributed by atoms with E-state index >= 15 is 0 Å². The van der Waals surface area contributed by atoms with Crippen molar-refractivity contribution >= 4 is 29.5 Å². The van der Waals surface area contributed by atoms with Crippen molar-refractivity contribution in [3.8, 4) is 0 Å². The Morgan fingerprint density at radius 3 is 2.86 bits per heavy atom. The van der Waals surface area contributed by atoms with E-state index in [4.69, 9.17) is 0 Å². The third-order valence-electron chi connectivity index (χ3n) is 5.11. The zero-order valence-electron chi connectivity index (χ0n) is 15.7. The van der Waals surface area contributed by atoms with Gasteiger partial charge in [0.15, 0.2) is 0 Å². The van der Waals surface area contributed by atoms with Crippen LogP contribution in [0.2, 0.25) is 0 Å². The molecule has 0 saturated heterocycles. The zero-order valence-corrected chi connectivity index (χ0v) is 16.6. The van der Waals surface area contributed by atoms with Crippen molar-refractivity contribution < 1.29 is 9.59 Å². The predicted octanol–water partition coefficient (Wildman–Crippen LogP) is 2.11. The standard InChI is InChI=1S/C20H23N5O2S/c1-24-19(27)18-15(11-13-28-18)25-16(22-23-20(24)25)8-5-9-17(26)21-12-10-14-6-3-2-4-7-14/h2-4,6-7,11,13,15,18H,5,8-10,12H2,1H3,(H,21,26). The van der Waals surface area contributed by atoms with Crippen LogP contribution in [0.15, 0.2) is 41.8 Å². The van der Waals surface area contributed by atoms with Crippen LogP contribution in [0, 0.1) is 0 Å². The Morgan fingerprint density at radius 2 is 2.04 bits per heavy atom. The van der Waals surface area contributed by atoms with Crippen molar-refractivity contribution in [2.45, 2.75) is 37.0 Å². The molecule has 4 rings (SSSR count). The number of hydrogen-bond acceptors (Lipinski definition) is 5. The highest BCUT2D eigenvalue weighted by Crippen LogP contribution is 2.41. The number of allylic oxidation sites excluding steroid dienone is 1. The van der Waals surface area contributed by atoms with Gasteiger partial charge in [0.1, 0.15) is 11.1 Å². The topological polar surface area (TPSA) is 80.1 Å². The van der Waals surface area contributed by atoms with E-state index in [0.717, 1.165) is 12.2 Å². The highest BCUT2D eigenvalue weighted by molar-refractivity contribution is 8.03. The number of anilines is 1. The fourth-order valence-corrected chi connectivity index (χ4v) is 4.68. The van der Waals surface area contributed by atoms with Crippen LogP contribution < -0.4 is 10.2 Å². The first-order chi connectivity index (χ1) is 13.6. The van der Waals surface area contributed by atoms with E-state index in [1.165, 1.54) is 17.3 Å². The number of aromatic nitrogens is 3. The van der Waals surface area contributed by atoms with Gasteiger partial charge in [-0.1, -0.05) is 36.4 Å². The van der Waals surface area contributed by atoms with Gasteiger partial charge in [0.2, 0.25) is 17.8 Å². The first-order valence-electron chi connectivity index (χ1n) is 9.49. The molecule has 0 radical (unpaired) electrons. The number of fused-ring (bicyclic) bond motifs is 3. The van der Waals surface area contributed by atoms with E-state index in [2.05, 4.69) is 27.6 Å². The fraction of sp³-hybridized carbons (Fsp3) is 0.400. The van der Waals surface area contributed by atoms with Crippen molar-refractivity contribution in [1.29, 1.82) is 0 Å². The fourth-order valence-electron chi connectivity index (χ4n) is 3.61. The van der Waals surface area contributed by atoms with Gasteiger partial charge >= 0.3 is 0 Å². The molecule has 2 unspecified atom stereocenters. The monoisotopic (exact) mass is 397 g/mol. The minimum atomic E-state index is -0.145. The zero-order chi connectivity index (χ0) is 19.5. The molecule has 7 nitrogen and oxygen atoms in total. The maximum Gasteiger partial charge on any atom is 0.245 e. The summed E-state index contributed by atoms with van der Waals surface area (Å²) in [5.41, 5.74) is 1.22. The van der Waals surface area contributed by atoms with E-state index in [-0.39, 0.29) is 23.1 Å². The average molecular weight is 398 g/mol. The lowest BCUT2D eigenvalue weighted by atomic mass is 10.1. The van der Waals surface area contributed by atoms with Crippen LogP contribution in [0.3, 0.4) is 0 Å². The van der Waals surface area contributed by atoms with Gasteiger partial charge in [0.25, 0.3) is 0 Å². The quantitative estimate of drug-likeness (QED) is 0.774. The normalized spacial score (nSPS) is 20.2. The molecule has 1 aromatic heterocycles. The second kappa shape index (κ2) is 8.18. The molecule has 0 spiro atoms. The number of benzene rings is 1. The first-order valence-corrected chi connectivity index (χ1v) is 10.4. The third kappa shape index (κ3) is 3.69. The molecule has 0 aliphatic carbocycles. The van der Waals surface area contributed by atoms with Gasteiger partial charge in [-0.3, -0.25) is 19.1 Å². The molecular weight excluding hydrogens is 374 g/mol. The molecule has 2 aliphatic rings. The van der Waals surface area contributed by atoms with Crippen LogP contribution in [-0.4, -0.2) is 45.4 Å². The molecule has 3 heterocycles. The van der Waals surface area contributed by atoms with E-state index < -0.39 is 0 Å². The summed E-state index contributed by atoms with van der Waals surface area (Å²) >= 11 is 1.54. The van der Waals surface area contributed by atoms with Crippen molar-refractivity contribution in [2.75, 3.05) is 18.5 Å². The van der Waals surface area contributed by atoms with Crippen molar-refractivity contribution in [3.63, 3.8) is 0 Å². The number of aryl methyl sites for hydroxylation is 1. The van der Waals surface area contributed by atoms with Crippen LogP contribution in [0.5, 0.6) is 0 Å². The van der Waals surface area contributed by atoms with Gasteiger partial charge in [-0.15, -0.1) is 22.0 Å². The van der Waals surface area contributed by atoms with Gasteiger partial charge in [0, 0.05) is 26.4 Å². The van der Waals surface area contributed by atoms with E-state index in [9.17, 15) is 9.59 Å². The number of amides is 2. The Morgan fingerprint density at radius 1 is 1.21 bits per heavy atom. The molecular formula is C20H23N5O2S. The van der Waals surface area contributed by atoms with E-state index in [1.807, 2.05) is 34.3 Å². The number of rotatable bonds is 7. The molecule has 1 N–H and O–H groups in total. The molecule has 2 aliphatic heterocycles. The predicted molar refractivity (Wildman–Crippen MR) is 109 cm³/mol. The Hall–Kier alpha value is -2.61. The second-order valence-electron chi connectivity index (χ2n) is 7.00. The van der Waals surface area contributed by atoms with E-state index in [1.54, 1.807) is 11.9 Å². The maximum absolute atomic E-state index is 12.4. The second-order valence-corrected chi connectivity index (χ2v) is 8.05. The summed E-state index contributed by atoms with van der Waals surface area (Å²) in [6.07, 6.45) is 4.67. The minimum absolute atomic E-state index is 0.0339. The lowest BCUT2D eigenvalue weighted by Crippen LogP contribution is -2.44. The maximum atomic E-state index is 12.4. The third-order valence-corrected chi connectivity index (χ3v) is 6.20. The van der Waals surface area contributed by atoms with Crippen molar-refractivity contribution in [1.82, 2.24) is 20.1 Å². The largest absolute Gasteiger partial charge is 0.356 e. The Labute approximate surface area is 168 Å². The molecule has 2 atom stereocenters. The molecule has 2 aromatic rings. The van der Waals surface area contributed by atoms with Gasteiger partial charge in [-0.05, 0) is 23.8 Å². The summed E-state index contributed by atoms with van der Waals surface area (Å²) in [5.74, 6) is 1.52. The van der Waals surface area contributed by atoms with Crippen molar-refractivity contribution in [3.05, 3.63) is 53.2 Å². The Kier molecular flexibility index (Phi) is 5.47. The summed E-state index contributed by atoms with van der Waals surface area (Å²) in [6, 6.07) is 10.1. The number of thioether (sulfide) groups is 1. The smallest absolute Gasteiger partial charge is 0.245 e. The number of nitrogens with zero attached hydrogens (tertiary/aromatic N) is 4. The molecule has 0 saturated carbocycles. The molecule has 8 heteroatoms. The van der Waals surface area contributed by atoms with Gasteiger partial charge in [0.05, 0.1) is 6.04 Å². The molecule has 1 aromatic carbocycles. The lowest BCUT2D eigenvalue weighted by molar-refractivity contribution is -0.121.